The average molecular weight is 621 g/mol. The molecule has 0 N–H and O–H groups in total. The predicted octanol–water partition coefficient (Wildman–Crippen LogP) is 5.42. The second-order valence-electron chi connectivity index (χ2n) is 9.93. The van der Waals surface area contributed by atoms with Crippen LogP contribution in [0, 0.1) is 39.0 Å². The summed E-state index contributed by atoms with van der Waals surface area (Å²) < 4.78 is 15.1. The first kappa shape index (κ1) is 29.6. The molecule has 0 bridgehead atoms. The van der Waals surface area contributed by atoms with E-state index in [1.807, 2.05) is 39.8 Å². The van der Waals surface area contributed by atoms with Gasteiger partial charge in [-0.15, -0.1) is 11.3 Å². The van der Waals surface area contributed by atoms with Crippen LogP contribution in [-0.4, -0.2) is 28.8 Å². The van der Waals surface area contributed by atoms with E-state index in [1.165, 1.54) is 23.0 Å². The third kappa shape index (κ3) is 4.81. The van der Waals surface area contributed by atoms with Crippen molar-refractivity contribution in [1.82, 2.24) is 9.13 Å². The summed E-state index contributed by atoms with van der Waals surface area (Å²) in [5.74, 6) is -0.0766. The molecule has 0 saturated heterocycles. The van der Waals surface area contributed by atoms with Crippen LogP contribution in [0.5, 0.6) is 5.75 Å². The van der Waals surface area contributed by atoms with Gasteiger partial charge in [-0.05, 0) is 83.0 Å². The molecule has 1 aromatic carbocycles. The summed E-state index contributed by atoms with van der Waals surface area (Å²) in [6.45, 7) is 11.6. The summed E-state index contributed by atoms with van der Waals surface area (Å²) in [6.07, 6.45) is 1.84. The van der Waals surface area contributed by atoms with Gasteiger partial charge in [0.1, 0.15) is 22.9 Å². The molecule has 0 radical (unpaired) electrons. The molecule has 0 saturated carbocycles. The molecule has 1 aliphatic rings. The topological polar surface area (TPSA) is 98.6 Å². The standard InChI is InChI=1S/C31H29ClN4O4S2/c1-8-40-30(38)26-17(4)34-31-36(27(26)22-13-21(32)9-10-24(22)39-7)28(37)25(42-31)12-20-11-15(2)35(18(20)5)29-23(14-33)16(3)19(6)41-29/h9-13,27H,8H2,1-7H3/b25-12-/t27-/m0/s1. The van der Waals surface area contributed by atoms with Gasteiger partial charge in [-0.2, -0.15) is 5.26 Å². The molecule has 4 heterocycles. The number of thiophene rings is 1. The van der Waals surface area contributed by atoms with Crippen molar-refractivity contribution >= 4 is 46.3 Å². The number of nitriles is 1. The number of ether oxygens (including phenoxy) is 2. The number of halogens is 1. The van der Waals surface area contributed by atoms with Crippen molar-refractivity contribution in [3.8, 4) is 16.8 Å². The Labute approximate surface area is 256 Å². The lowest BCUT2D eigenvalue weighted by atomic mass is 9.95. The van der Waals surface area contributed by atoms with Gasteiger partial charge in [-0.1, -0.05) is 22.9 Å². The monoisotopic (exact) mass is 620 g/mol. The van der Waals surface area contributed by atoms with Crippen LogP contribution < -0.4 is 19.6 Å². The molecule has 42 heavy (non-hydrogen) atoms. The lowest BCUT2D eigenvalue weighted by molar-refractivity contribution is -0.139. The van der Waals surface area contributed by atoms with Crippen LogP contribution >= 0.6 is 34.3 Å². The Kier molecular flexibility index (Phi) is 8.03. The number of nitrogens with zero attached hydrogens (tertiary/aromatic N) is 4. The minimum absolute atomic E-state index is 0.172. The minimum Gasteiger partial charge on any atom is -0.496 e. The van der Waals surface area contributed by atoms with E-state index >= 15 is 0 Å². The lowest BCUT2D eigenvalue weighted by Gasteiger charge is -2.26. The maximum absolute atomic E-state index is 14.1. The lowest BCUT2D eigenvalue weighted by Crippen LogP contribution is -2.40. The third-order valence-corrected chi connectivity index (χ3v) is 9.85. The van der Waals surface area contributed by atoms with Crippen molar-refractivity contribution in [3.05, 3.63) is 98.8 Å². The second kappa shape index (κ2) is 11.4. The van der Waals surface area contributed by atoms with Crippen molar-refractivity contribution in [3.63, 3.8) is 0 Å². The number of aromatic nitrogens is 2. The van der Waals surface area contributed by atoms with Gasteiger partial charge in [0.2, 0.25) is 0 Å². The van der Waals surface area contributed by atoms with E-state index < -0.39 is 12.0 Å². The molecule has 3 aromatic heterocycles. The highest BCUT2D eigenvalue weighted by atomic mass is 35.5. The van der Waals surface area contributed by atoms with Crippen molar-refractivity contribution in [2.45, 2.75) is 47.6 Å². The molecule has 0 amide bonds. The Morgan fingerprint density at radius 3 is 2.60 bits per heavy atom. The summed E-state index contributed by atoms with van der Waals surface area (Å²) in [5.41, 5.74) is 5.31. The van der Waals surface area contributed by atoms with Gasteiger partial charge in [0, 0.05) is 26.9 Å². The van der Waals surface area contributed by atoms with Gasteiger partial charge in [0.05, 0.1) is 35.1 Å². The molecule has 1 atom stereocenters. The molecule has 216 valence electrons. The molecular formula is C31H29ClN4O4S2. The quantitative estimate of drug-likeness (QED) is 0.268. The van der Waals surface area contributed by atoms with Gasteiger partial charge in [0.15, 0.2) is 4.80 Å². The number of carbonyl (C=O) groups excluding carboxylic acids is 1. The summed E-state index contributed by atoms with van der Waals surface area (Å²) in [6, 6.07) is 8.61. The number of methoxy groups -OCH3 is 1. The first-order chi connectivity index (χ1) is 20.0. The number of allylic oxidation sites excluding steroid dienone is 1. The van der Waals surface area contributed by atoms with Crippen LogP contribution in [-0.2, 0) is 9.53 Å². The normalized spacial score (nSPS) is 14.9. The Bertz CT molecular complexity index is 2020. The van der Waals surface area contributed by atoms with Crippen LogP contribution in [0.15, 0.2) is 45.3 Å². The molecule has 0 fully saturated rings. The molecule has 0 unspecified atom stereocenters. The SMILES string of the molecule is CCOC(=O)C1=C(C)N=c2s/c(=C\c3cc(C)n(-c4sc(C)c(C)c4C#N)c3C)c(=O)n2[C@H]1c1cc(Cl)ccc1OC. The summed E-state index contributed by atoms with van der Waals surface area (Å²) in [4.78, 5) is 33.6. The second-order valence-corrected chi connectivity index (χ2v) is 12.6. The highest BCUT2D eigenvalue weighted by Crippen LogP contribution is 2.37. The van der Waals surface area contributed by atoms with Crippen molar-refractivity contribution < 1.29 is 14.3 Å². The van der Waals surface area contributed by atoms with E-state index in [1.54, 1.807) is 43.4 Å². The van der Waals surface area contributed by atoms with E-state index in [0.29, 0.717) is 36.9 Å². The maximum Gasteiger partial charge on any atom is 0.338 e. The number of fused-ring (bicyclic) bond motifs is 1. The largest absolute Gasteiger partial charge is 0.496 e. The molecule has 0 spiro atoms. The molecule has 0 aliphatic carbocycles. The van der Waals surface area contributed by atoms with Crippen LogP contribution in [0.25, 0.3) is 11.1 Å². The van der Waals surface area contributed by atoms with Crippen LogP contribution in [0.3, 0.4) is 0 Å². The van der Waals surface area contributed by atoms with Crippen molar-refractivity contribution in [2.75, 3.05) is 13.7 Å². The van der Waals surface area contributed by atoms with Crippen molar-refractivity contribution in [2.24, 2.45) is 4.99 Å². The van der Waals surface area contributed by atoms with Gasteiger partial charge < -0.3 is 14.0 Å². The van der Waals surface area contributed by atoms with E-state index in [9.17, 15) is 14.9 Å². The zero-order valence-electron chi connectivity index (χ0n) is 24.3. The Morgan fingerprint density at radius 2 is 1.93 bits per heavy atom. The van der Waals surface area contributed by atoms with Gasteiger partial charge in [-0.25, -0.2) is 9.79 Å². The van der Waals surface area contributed by atoms with Crippen LogP contribution in [0.2, 0.25) is 5.02 Å². The number of rotatable bonds is 6. The van der Waals surface area contributed by atoms with Crippen LogP contribution in [0.1, 0.15) is 58.4 Å². The van der Waals surface area contributed by atoms with Gasteiger partial charge >= 0.3 is 5.97 Å². The average Bonchev–Trinajstić information content (AvgIpc) is 3.51. The Balaban J connectivity index is 1.74. The number of thiazole rings is 1. The Hall–Kier alpha value is -3.91. The molecule has 5 rings (SSSR count). The number of esters is 1. The third-order valence-electron chi connectivity index (χ3n) is 7.44. The van der Waals surface area contributed by atoms with E-state index in [2.05, 4.69) is 15.6 Å². The van der Waals surface area contributed by atoms with E-state index in [0.717, 1.165) is 32.4 Å². The summed E-state index contributed by atoms with van der Waals surface area (Å²) in [5, 5.41) is 11.2. The predicted molar refractivity (Wildman–Crippen MR) is 166 cm³/mol. The highest BCUT2D eigenvalue weighted by Gasteiger charge is 2.35. The summed E-state index contributed by atoms with van der Waals surface area (Å²) >= 11 is 9.22. The maximum atomic E-state index is 14.1. The number of hydrogen-bond donors (Lipinski definition) is 0. The smallest absolute Gasteiger partial charge is 0.338 e. The molecule has 11 heteroatoms. The highest BCUT2D eigenvalue weighted by molar-refractivity contribution is 7.15. The first-order valence-electron chi connectivity index (χ1n) is 13.2. The van der Waals surface area contributed by atoms with E-state index in [4.69, 9.17) is 21.1 Å². The molecular weight excluding hydrogens is 592 g/mol. The van der Waals surface area contributed by atoms with Crippen molar-refractivity contribution in [1.29, 1.82) is 5.26 Å². The number of aryl methyl sites for hydroxylation is 2. The minimum atomic E-state index is -0.848. The number of hydrogen-bond acceptors (Lipinski definition) is 8. The fourth-order valence-electron chi connectivity index (χ4n) is 5.29. The molecule has 4 aromatic rings. The fraction of sp³-hybridized carbons (Fsp3) is 0.290. The zero-order chi connectivity index (χ0) is 30.5. The Morgan fingerprint density at radius 1 is 1.19 bits per heavy atom. The number of benzene rings is 1. The zero-order valence-corrected chi connectivity index (χ0v) is 26.7. The summed E-state index contributed by atoms with van der Waals surface area (Å²) in [7, 11) is 1.53. The van der Waals surface area contributed by atoms with Gasteiger partial charge in [-0.3, -0.25) is 9.36 Å². The van der Waals surface area contributed by atoms with Crippen LogP contribution in [0.4, 0.5) is 0 Å². The molecule has 1 aliphatic heterocycles. The number of carbonyl (C=O) groups is 1. The fourth-order valence-corrected chi connectivity index (χ4v) is 7.73. The first-order valence-corrected chi connectivity index (χ1v) is 15.3. The molecule has 8 nitrogen and oxygen atoms in total. The van der Waals surface area contributed by atoms with Gasteiger partial charge in [0.25, 0.3) is 5.56 Å². The van der Waals surface area contributed by atoms with E-state index in [-0.39, 0.29) is 17.7 Å².